The van der Waals surface area contributed by atoms with Gasteiger partial charge in [-0.25, -0.2) is 0 Å². The molecule has 0 N–H and O–H groups in total. The van der Waals surface area contributed by atoms with Crippen molar-refractivity contribution in [2.75, 3.05) is 20.8 Å². The van der Waals surface area contributed by atoms with Crippen molar-refractivity contribution < 1.29 is 19.4 Å². The number of nitrogens with zero attached hydrogens (tertiary/aromatic N) is 1. The molecule has 0 saturated carbocycles. The molecule has 1 heterocycles. The number of aryl methyl sites for hydroxylation is 1. The number of hydrogen-bond donors (Lipinski definition) is 0. The fraction of sp³-hybridized carbons (Fsp3) is 0.389. The maximum atomic E-state index is 10.7. The average molecular weight is 316 g/mol. The molecule has 0 atom stereocenters. The van der Waals surface area contributed by atoms with E-state index in [9.17, 15) is 9.90 Å². The Morgan fingerprint density at radius 3 is 2.48 bits per heavy atom. The number of carbonyl (C=O) groups is 1. The molecule has 2 rings (SSSR count). The third-order valence-electron chi connectivity index (χ3n) is 3.77. The van der Waals surface area contributed by atoms with Crippen LogP contribution >= 0.6 is 0 Å². The van der Waals surface area contributed by atoms with Crippen molar-refractivity contribution in [3.8, 4) is 17.0 Å². The van der Waals surface area contributed by atoms with E-state index in [1.54, 1.807) is 14.2 Å². The maximum Gasteiger partial charge on any atom is 0.118 e. The molecule has 0 amide bonds. The SMILES string of the molecule is COCCCn1c(CCC(=O)[O-])ccc1-c1ccc(OC)cc1. The van der Waals surface area contributed by atoms with Crippen LogP contribution in [-0.4, -0.2) is 31.4 Å². The quantitative estimate of drug-likeness (QED) is 0.663. The number of ether oxygens (including phenoxy) is 2. The van der Waals surface area contributed by atoms with Gasteiger partial charge in [0.2, 0.25) is 0 Å². The summed E-state index contributed by atoms with van der Waals surface area (Å²) < 4.78 is 12.5. The van der Waals surface area contributed by atoms with Crippen LogP contribution < -0.4 is 9.84 Å². The smallest absolute Gasteiger partial charge is 0.118 e. The van der Waals surface area contributed by atoms with Crippen molar-refractivity contribution in [2.45, 2.75) is 25.8 Å². The predicted octanol–water partition coefficient (Wildman–Crippen LogP) is 1.88. The molecule has 0 aliphatic carbocycles. The van der Waals surface area contributed by atoms with E-state index in [4.69, 9.17) is 9.47 Å². The van der Waals surface area contributed by atoms with E-state index in [1.807, 2.05) is 36.4 Å². The van der Waals surface area contributed by atoms with Gasteiger partial charge in [-0.15, -0.1) is 0 Å². The van der Waals surface area contributed by atoms with Crippen LogP contribution in [0.4, 0.5) is 0 Å². The van der Waals surface area contributed by atoms with Crippen LogP contribution in [0.25, 0.3) is 11.3 Å². The normalized spacial score (nSPS) is 10.7. The molecule has 2 aromatic rings. The van der Waals surface area contributed by atoms with Gasteiger partial charge in [-0.3, -0.25) is 0 Å². The van der Waals surface area contributed by atoms with Gasteiger partial charge in [0.25, 0.3) is 0 Å². The highest BCUT2D eigenvalue weighted by molar-refractivity contribution is 5.65. The Morgan fingerprint density at radius 2 is 1.87 bits per heavy atom. The number of benzene rings is 1. The van der Waals surface area contributed by atoms with Gasteiger partial charge < -0.3 is 23.9 Å². The van der Waals surface area contributed by atoms with Crippen molar-refractivity contribution in [2.24, 2.45) is 0 Å². The zero-order chi connectivity index (χ0) is 16.7. The largest absolute Gasteiger partial charge is 0.550 e. The number of carbonyl (C=O) groups excluding carboxylic acids is 1. The molecule has 1 aromatic carbocycles. The third kappa shape index (κ3) is 4.60. The molecule has 0 aliphatic rings. The van der Waals surface area contributed by atoms with Crippen molar-refractivity contribution in [1.29, 1.82) is 0 Å². The van der Waals surface area contributed by atoms with Crippen LogP contribution in [0.15, 0.2) is 36.4 Å². The zero-order valence-electron chi connectivity index (χ0n) is 13.6. The average Bonchev–Trinajstić information content (AvgIpc) is 2.96. The summed E-state index contributed by atoms with van der Waals surface area (Å²) in [4.78, 5) is 10.7. The highest BCUT2D eigenvalue weighted by atomic mass is 16.5. The van der Waals surface area contributed by atoms with Crippen molar-refractivity contribution in [1.82, 2.24) is 4.57 Å². The Balaban J connectivity index is 2.26. The first-order valence-electron chi connectivity index (χ1n) is 7.67. The summed E-state index contributed by atoms with van der Waals surface area (Å²) in [5, 5.41) is 10.7. The molecular formula is C18H22NO4-. The third-order valence-corrected chi connectivity index (χ3v) is 3.77. The number of carboxylic acids is 1. The molecule has 0 aliphatic heterocycles. The van der Waals surface area contributed by atoms with Crippen LogP contribution in [0, 0.1) is 0 Å². The number of carboxylic acid groups (broad SMARTS) is 1. The molecule has 0 bridgehead atoms. The van der Waals surface area contributed by atoms with Gasteiger partial charge in [-0.2, -0.15) is 0 Å². The van der Waals surface area contributed by atoms with E-state index >= 15 is 0 Å². The molecule has 1 aromatic heterocycles. The summed E-state index contributed by atoms with van der Waals surface area (Å²) in [6.07, 6.45) is 1.36. The number of aliphatic carboxylic acids is 1. The summed E-state index contributed by atoms with van der Waals surface area (Å²) in [6, 6.07) is 11.9. The monoisotopic (exact) mass is 316 g/mol. The number of rotatable bonds is 9. The second kappa shape index (κ2) is 8.39. The first kappa shape index (κ1) is 17.1. The lowest BCUT2D eigenvalue weighted by Gasteiger charge is -2.14. The Labute approximate surface area is 136 Å². The van der Waals surface area contributed by atoms with Crippen LogP contribution in [-0.2, 0) is 22.5 Å². The Hall–Kier alpha value is -2.27. The number of hydrogen-bond acceptors (Lipinski definition) is 4. The van der Waals surface area contributed by atoms with Crippen molar-refractivity contribution in [3.63, 3.8) is 0 Å². The van der Waals surface area contributed by atoms with Crippen LogP contribution in [0.5, 0.6) is 5.75 Å². The lowest BCUT2D eigenvalue weighted by Crippen LogP contribution is -2.23. The second-order valence-electron chi connectivity index (χ2n) is 5.31. The fourth-order valence-corrected chi connectivity index (χ4v) is 2.60. The molecule has 0 radical (unpaired) electrons. The van der Waals surface area contributed by atoms with E-state index in [1.165, 1.54) is 0 Å². The number of aromatic nitrogens is 1. The van der Waals surface area contributed by atoms with Gasteiger partial charge in [0, 0.05) is 37.6 Å². The molecule has 0 saturated heterocycles. The molecule has 5 nitrogen and oxygen atoms in total. The Bertz CT molecular complexity index is 631. The van der Waals surface area contributed by atoms with Crippen molar-refractivity contribution in [3.05, 3.63) is 42.1 Å². The summed E-state index contributed by atoms with van der Waals surface area (Å²) >= 11 is 0. The first-order chi connectivity index (χ1) is 11.2. The van der Waals surface area contributed by atoms with E-state index in [2.05, 4.69) is 4.57 Å². The predicted molar refractivity (Wildman–Crippen MR) is 86.2 cm³/mol. The highest BCUT2D eigenvalue weighted by Gasteiger charge is 2.10. The summed E-state index contributed by atoms with van der Waals surface area (Å²) in [5.41, 5.74) is 3.14. The minimum Gasteiger partial charge on any atom is -0.550 e. The topological polar surface area (TPSA) is 63.5 Å². The van der Waals surface area contributed by atoms with E-state index in [0.29, 0.717) is 13.0 Å². The molecule has 0 spiro atoms. The fourth-order valence-electron chi connectivity index (χ4n) is 2.60. The second-order valence-corrected chi connectivity index (χ2v) is 5.31. The van der Waals surface area contributed by atoms with E-state index in [0.717, 1.165) is 35.7 Å². The Morgan fingerprint density at radius 1 is 1.13 bits per heavy atom. The molecule has 0 unspecified atom stereocenters. The first-order valence-corrected chi connectivity index (χ1v) is 7.67. The highest BCUT2D eigenvalue weighted by Crippen LogP contribution is 2.26. The maximum absolute atomic E-state index is 10.7. The molecule has 124 valence electrons. The van der Waals surface area contributed by atoms with Crippen LogP contribution in [0.1, 0.15) is 18.5 Å². The summed E-state index contributed by atoms with van der Waals surface area (Å²) in [7, 11) is 3.32. The minimum absolute atomic E-state index is 0.0242. The van der Waals surface area contributed by atoms with Gasteiger partial charge >= 0.3 is 0 Å². The lowest BCUT2D eigenvalue weighted by molar-refractivity contribution is -0.305. The molecule has 5 heteroatoms. The molecule has 23 heavy (non-hydrogen) atoms. The summed E-state index contributed by atoms with van der Waals surface area (Å²) in [5.74, 6) is -0.218. The van der Waals surface area contributed by atoms with Gasteiger partial charge in [0.1, 0.15) is 5.75 Å². The zero-order valence-corrected chi connectivity index (χ0v) is 13.6. The van der Waals surface area contributed by atoms with Gasteiger partial charge in [-0.1, -0.05) is 0 Å². The molecule has 0 fully saturated rings. The van der Waals surface area contributed by atoms with Gasteiger partial charge in [-0.05, 0) is 61.2 Å². The molecular weight excluding hydrogens is 294 g/mol. The van der Waals surface area contributed by atoms with Gasteiger partial charge in [0.15, 0.2) is 0 Å². The van der Waals surface area contributed by atoms with E-state index in [-0.39, 0.29) is 6.42 Å². The van der Waals surface area contributed by atoms with Crippen LogP contribution in [0.2, 0.25) is 0 Å². The summed E-state index contributed by atoms with van der Waals surface area (Å²) in [6.45, 7) is 1.45. The van der Waals surface area contributed by atoms with Crippen molar-refractivity contribution >= 4 is 5.97 Å². The van der Waals surface area contributed by atoms with Crippen LogP contribution in [0.3, 0.4) is 0 Å². The number of methoxy groups -OCH3 is 2. The van der Waals surface area contributed by atoms with Gasteiger partial charge in [0.05, 0.1) is 7.11 Å². The van der Waals surface area contributed by atoms with E-state index < -0.39 is 5.97 Å². The minimum atomic E-state index is -1.03. The lowest BCUT2D eigenvalue weighted by atomic mass is 10.1. The Kier molecular flexibility index (Phi) is 6.23. The standard InChI is InChI=1S/C18H23NO4/c1-22-13-3-12-19-15(7-11-18(20)21)6-10-17(19)14-4-8-16(23-2)9-5-14/h4-6,8-10H,3,7,11-13H2,1-2H3,(H,20,21)/p-1.